The molecule has 0 radical (unpaired) electrons. The number of hydrogen-bond donors (Lipinski definition) is 1. The van der Waals surface area contributed by atoms with Crippen LogP contribution in [0.2, 0.25) is 0 Å². The molecule has 6 nitrogen and oxygen atoms in total. The molecule has 1 amide bonds. The predicted molar refractivity (Wildman–Crippen MR) is 80.2 cm³/mol. The van der Waals surface area contributed by atoms with Crippen LogP contribution in [0.1, 0.15) is 30.1 Å². The summed E-state index contributed by atoms with van der Waals surface area (Å²) in [5, 5.41) is 2.70. The van der Waals surface area contributed by atoms with Crippen LogP contribution in [0.15, 0.2) is 18.2 Å². The Balaban J connectivity index is 1.75. The van der Waals surface area contributed by atoms with E-state index in [1.54, 1.807) is 18.2 Å². The molecule has 6 heteroatoms. The molecule has 1 aromatic rings. The summed E-state index contributed by atoms with van der Waals surface area (Å²) in [4.78, 5) is 37.3. The van der Waals surface area contributed by atoms with Crippen LogP contribution in [0.4, 0.5) is 5.69 Å². The number of anilines is 1. The molecule has 0 bridgehead atoms. The van der Waals surface area contributed by atoms with Gasteiger partial charge in [-0.1, -0.05) is 0 Å². The molecule has 0 aromatic heterocycles. The second-order valence-electron chi connectivity index (χ2n) is 5.66. The maximum Gasteiger partial charge on any atom is 0.262 e. The van der Waals surface area contributed by atoms with Gasteiger partial charge in [0, 0.05) is 31.5 Å². The van der Waals surface area contributed by atoms with Crippen LogP contribution < -0.4 is 10.1 Å². The first-order chi connectivity index (χ1) is 10.5. The summed E-state index contributed by atoms with van der Waals surface area (Å²) in [6, 6.07) is 4.78. The van der Waals surface area contributed by atoms with Crippen molar-refractivity contribution in [2.24, 2.45) is 0 Å². The van der Waals surface area contributed by atoms with E-state index in [-0.39, 0.29) is 30.1 Å². The van der Waals surface area contributed by atoms with Crippen molar-refractivity contribution in [1.29, 1.82) is 0 Å². The lowest BCUT2D eigenvalue weighted by Crippen LogP contribution is -2.44. The number of rotatable bonds is 3. The molecule has 1 atom stereocenters. The van der Waals surface area contributed by atoms with Crippen molar-refractivity contribution in [3.05, 3.63) is 23.8 Å². The van der Waals surface area contributed by atoms with Crippen LogP contribution in [-0.2, 0) is 9.59 Å². The molecule has 3 rings (SSSR count). The average molecular weight is 302 g/mol. The first kappa shape index (κ1) is 14.7. The van der Waals surface area contributed by atoms with Crippen molar-refractivity contribution in [1.82, 2.24) is 4.90 Å². The number of nitrogens with one attached hydrogen (secondary N) is 1. The fourth-order valence-corrected chi connectivity index (χ4v) is 2.80. The van der Waals surface area contributed by atoms with Gasteiger partial charge >= 0.3 is 0 Å². The summed E-state index contributed by atoms with van der Waals surface area (Å²) in [5.74, 6) is 0.591. The Labute approximate surface area is 128 Å². The first-order valence-electron chi connectivity index (χ1n) is 7.41. The molecule has 1 fully saturated rings. The van der Waals surface area contributed by atoms with Gasteiger partial charge in [0.05, 0.1) is 11.7 Å². The number of fused-ring (bicyclic) bond motifs is 1. The van der Waals surface area contributed by atoms with Gasteiger partial charge in [0.1, 0.15) is 11.5 Å². The normalized spacial score (nSPS) is 19.9. The van der Waals surface area contributed by atoms with Gasteiger partial charge in [-0.15, -0.1) is 0 Å². The standard InChI is InChI=1S/C16H18N2O4/c1-10(18-6-4-12(19)5-7-18)16(21)11-2-3-14-13(8-11)17-15(20)9-22-14/h2-3,8,10H,4-7,9H2,1H3,(H,17,20). The number of hydrogen-bond acceptors (Lipinski definition) is 5. The molecule has 2 heterocycles. The van der Waals surface area contributed by atoms with Crippen molar-refractivity contribution in [2.45, 2.75) is 25.8 Å². The number of ether oxygens (including phenoxy) is 1. The van der Waals surface area contributed by atoms with Crippen LogP contribution in [0, 0.1) is 0 Å². The average Bonchev–Trinajstić information content (AvgIpc) is 2.53. The summed E-state index contributed by atoms with van der Waals surface area (Å²) in [6.07, 6.45) is 1.01. The summed E-state index contributed by atoms with van der Waals surface area (Å²) >= 11 is 0. The lowest BCUT2D eigenvalue weighted by Gasteiger charge is -2.31. The molecule has 1 N–H and O–H groups in total. The highest BCUT2D eigenvalue weighted by Gasteiger charge is 2.27. The van der Waals surface area contributed by atoms with E-state index in [1.165, 1.54) is 0 Å². The number of benzene rings is 1. The number of nitrogens with zero attached hydrogens (tertiary/aromatic N) is 1. The number of amides is 1. The maximum absolute atomic E-state index is 12.6. The first-order valence-corrected chi connectivity index (χ1v) is 7.41. The Hall–Kier alpha value is -2.21. The van der Waals surface area contributed by atoms with E-state index in [9.17, 15) is 14.4 Å². The summed E-state index contributed by atoms with van der Waals surface area (Å²) in [6.45, 7) is 3.10. The smallest absolute Gasteiger partial charge is 0.262 e. The van der Waals surface area contributed by atoms with Gasteiger partial charge in [-0.2, -0.15) is 0 Å². The SMILES string of the molecule is CC(C(=O)c1ccc2c(c1)NC(=O)CO2)N1CCC(=O)CC1. The monoisotopic (exact) mass is 302 g/mol. The van der Waals surface area contributed by atoms with E-state index in [4.69, 9.17) is 4.74 Å². The van der Waals surface area contributed by atoms with Crippen LogP contribution in [0.3, 0.4) is 0 Å². The highest BCUT2D eigenvalue weighted by Crippen LogP contribution is 2.29. The zero-order valence-electron chi connectivity index (χ0n) is 12.4. The van der Waals surface area contributed by atoms with Crippen molar-refractivity contribution in [2.75, 3.05) is 25.0 Å². The number of carbonyl (C=O) groups is 3. The largest absolute Gasteiger partial charge is 0.482 e. The summed E-state index contributed by atoms with van der Waals surface area (Å²) in [7, 11) is 0. The van der Waals surface area contributed by atoms with Crippen LogP contribution in [-0.4, -0.2) is 48.1 Å². The Morgan fingerprint density at radius 2 is 2.00 bits per heavy atom. The Morgan fingerprint density at radius 1 is 1.27 bits per heavy atom. The second kappa shape index (κ2) is 5.88. The fourth-order valence-electron chi connectivity index (χ4n) is 2.80. The maximum atomic E-state index is 12.6. The van der Waals surface area contributed by atoms with Gasteiger partial charge in [-0.3, -0.25) is 19.3 Å². The molecule has 2 aliphatic rings. The highest BCUT2D eigenvalue weighted by atomic mass is 16.5. The number of likely N-dealkylation sites (tertiary alicyclic amines) is 1. The minimum atomic E-state index is -0.286. The van der Waals surface area contributed by atoms with E-state index in [1.807, 2.05) is 11.8 Å². The van der Waals surface area contributed by atoms with E-state index < -0.39 is 0 Å². The molecule has 1 unspecified atom stereocenters. The molecule has 22 heavy (non-hydrogen) atoms. The summed E-state index contributed by atoms with van der Waals surface area (Å²) < 4.78 is 5.29. The van der Waals surface area contributed by atoms with Gasteiger partial charge in [0.2, 0.25) is 0 Å². The molecular weight excluding hydrogens is 284 g/mol. The Kier molecular flexibility index (Phi) is 3.94. The van der Waals surface area contributed by atoms with Crippen LogP contribution in [0.5, 0.6) is 5.75 Å². The quantitative estimate of drug-likeness (QED) is 0.851. The van der Waals surface area contributed by atoms with E-state index in [0.717, 1.165) is 0 Å². The third kappa shape index (κ3) is 2.87. The van der Waals surface area contributed by atoms with E-state index >= 15 is 0 Å². The fraction of sp³-hybridized carbons (Fsp3) is 0.438. The van der Waals surface area contributed by atoms with Crippen molar-refractivity contribution in [3.63, 3.8) is 0 Å². The second-order valence-corrected chi connectivity index (χ2v) is 5.66. The number of piperidine rings is 1. The zero-order chi connectivity index (χ0) is 15.7. The van der Waals surface area contributed by atoms with Gasteiger partial charge < -0.3 is 10.1 Å². The Morgan fingerprint density at radius 3 is 2.73 bits per heavy atom. The topological polar surface area (TPSA) is 75.7 Å². The minimum Gasteiger partial charge on any atom is -0.482 e. The van der Waals surface area contributed by atoms with Gasteiger partial charge in [0.15, 0.2) is 12.4 Å². The molecule has 1 aromatic carbocycles. The third-order valence-electron chi connectivity index (χ3n) is 4.18. The van der Waals surface area contributed by atoms with Crippen molar-refractivity contribution >= 4 is 23.2 Å². The summed E-state index contributed by atoms with van der Waals surface area (Å²) in [5.41, 5.74) is 1.07. The van der Waals surface area contributed by atoms with Crippen molar-refractivity contribution in [3.8, 4) is 5.75 Å². The minimum absolute atomic E-state index is 0.00149. The van der Waals surface area contributed by atoms with Crippen LogP contribution >= 0.6 is 0 Å². The highest BCUT2D eigenvalue weighted by molar-refractivity contribution is 6.03. The van der Waals surface area contributed by atoms with Crippen LogP contribution in [0.25, 0.3) is 0 Å². The third-order valence-corrected chi connectivity index (χ3v) is 4.18. The molecule has 0 aliphatic carbocycles. The lowest BCUT2D eigenvalue weighted by atomic mass is 10.00. The van der Waals surface area contributed by atoms with Crippen molar-refractivity contribution < 1.29 is 19.1 Å². The molecule has 0 saturated carbocycles. The molecule has 116 valence electrons. The van der Waals surface area contributed by atoms with Gasteiger partial charge in [0.25, 0.3) is 5.91 Å². The van der Waals surface area contributed by atoms with Gasteiger partial charge in [-0.25, -0.2) is 0 Å². The Bertz CT molecular complexity index is 631. The molecule has 0 spiro atoms. The zero-order valence-corrected chi connectivity index (χ0v) is 12.4. The number of carbonyl (C=O) groups excluding carboxylic acids is 3. The number of Topliss-reactive ketones (excluding diaryl/α,β-unsaturated/α-hetero) is 2. The number of ketones is 2. The lowest BCUT2D eigenvalue weighted by molar-refractivity contribution is -0.121. The van der Waals surface area contributed by atoms with E-state index in [0.29, 0.717) is 42.9 Å². The van der Waals surface area contributed by atoms with Gasteiger partial charge in [-0.05, 0) is 25.1 Å². The molecule has 2 aliphatic heterocycles. The predicted octanol–water partition coefficient (Wildman–Crippen LogP) is 1.25. The molecule has 1 saturated heterocycles. The van der Waals surface area contributed by atoms with E-state index in [2.05, 4.69) is 5.32 Å². The molecular formula is C16H18N2O4.